The highest BCUT2D eigenvalue weighted by molar-refractivity contribution is 6.28. The summed E-state index contributed by atoms with van der Waals surface area (Å²) in [6.45, 7) is 6.40. The van der Waals surface area contributed by atoms with E-state index in [9.17, 15) is 0 Å². The van der Waals surface area contributed by atoms with Crippen LogP contribution in [-0.2, 0) is 0 Å². The first-order valence-electron chi connectivity index (χ1n) is 3.19. The summed E-state index contributed by atoms with van der Waals surface area (Å²) in [4.78, 5) is 1.99. The lowest BCUT2D eigenvalue weighted by atomic mass is 10.0. The summed E-state index contributed by atoms with van der Waals surface area (Å²) in [6.07, 6.45) is 0. The molecule has 1 radical (unpaired) electrons. The molecule has 0 bridgehead atoms. The Morgan fingerprint density at radius 2 is 1.67 bits per heavy atom. The van der Waals surface area contributed by atoms with E-state index in [-0.39, 0.29) is 5.54 Å². The quantitative estimate of drug-likeness (QED) is 0.542. The van der Waals surface area contributed by atoms with Gasteiger partial charge in [0.15, 0.2) is 0 Å². The van der Waals surface area contributed by atoms with E-state index < -0.39 is 0 Å². The van der Waals surface area contributed by atoms with Gasteiger partial charge in [0, 0.05) is 5.54 Å². The Bertz CT molecular complexity index is 75.6. The first-order valence-corrected chi connectivity index (χ1v) is 3.19. The largest absolute Gasteiger partial charge is 0.341 e. The number of hydrogen-bond donors (Lipinski definition) is 1. The van der Waals surface area contributed by atoms with Crippen molar-refractivity contribution < 1.29 is 0 Å². The minimum absolute atomic E-state index is 0.185. The van der Waals surface area contributed by atoms with Crippen LogP contribution in [0.1, 0.15) is 20.8 Å². The van der Waals surface area contributed by atoms with E-state index in [0.29, 0.717) is 0 Å². The van der Waals surface area contributed by atoms with Crippen molar-refractivity contribution in [2.75, 3.05) is 14.1 Å². The number of nitrogens with one attached hydrogen (secondary N) is 1. The topological polar surface area (TPSA) is 15.3 Å². The van der Waals surface area contributed by atoms with Gasteiger partial charge >= 0.3 is 7.55 Å². The predicted octanol–water partition coefficient (Wildman–Crippen LogP) is 0.470. The molecule has 9 heavy (non-hydrogen) atoms. The average molecular weight is 127 g/mol. The fourth-order valence-corrected chi connectivity index (χ4v) is 0.323. The minimum Gasteiger partial charge on any atom is -0.341 e. The van der Waals surface area contributed by atoms with Gasteiger partial charge in [0.05, 0.1) is 0 Å². The van der Waals surface area contributed by atoms with Gasteiger partial charge in [-0.25, -0.2) is 0 Å². The van der Waals surface area contributed by atoms with Crippen molar-refractivity contribution in [3.63, 3.8) is 0 Å². The molecule has 0 heterocycles. The molecule has 0 aromatic heterocycles. The van der Waals surface area contributed by atoms with E-state index in [2.05, 4.69) is 26.0 Å². The standard InChI is InChI=1S/C6H16BN2/c1-6(2,3)8-7-9(4)5/h8H,1-5H3. The Labute approximate surface area is 58.9 Å². The first-order chi connectivity index (χ1) is 3.92. The molecule has 0 saturated heterocycles. The molecule has 53 valence electrons. The van der Waals surface area contributed by atoms with Gasteiger partial charge < -0.3 is 10.0 Å². The zero-order valence-electron chi connectivity index (χ0n) is 7.02. The molecule has 0 aliphatic carbocycles. The normalized spacial score (nSPS) is 12.2. The minimum atomic E-state index is 0.185. The van der Waals surface area contributed by atoms with Gasteiger partial charge in [-0.05, 0) is 34.9 Å². The van der Waals surface area contributed by atoms with Gasteiger partial charge in [-0.1, -0.05) is 0 Å². The first kappa shape index (κ1) is 8.98. The molecule has 0 saturated carbocycles. The SMILES string of the molecule is CN(C)[B]NC(C)(C)C. The third kappa shape index (κ3) is 7.98. The second-order valence-electron chi connectivity index (χ2n) is 3.49. The van der Waals surface area contributed by atoms with E-state index in [4.69, 9.17) is 0 Å². The van der Waals surface area contributed by atoms with Crippen LogP contribution >= 0.6 is 0 Å². The van der Waals surface area contributed by atoms with Crippen molar-refractivity contribution in [1.82, 2.24) is 10.0 Å². The molecule has 0 aromatic rings. The van der Waals surface area contributed by atoms with Gasteiger partial charge in [0.1, 0.15) is 0 Å². The van der Waals surface area contributed by atoms with E-state index in [0.717, 1.165) is 0 Å². The smallest absolute Gasteiger partial charge is 0.310 e. The van der Waals surface area contributed by atoms with Crippen molar-refractivity contribution in [3.05, 3.63) is 0 Å². The Hall–Kier alpha value is -0.0151. The molecule has 0 unspecified atom stereocenters. The van der Waals surface area contributed by atoms with Crippen LogP contribution < -0.4 is 5.23 Å². The lowest BCUT2D eigenvalue weighted by molar-refractivity contribution is 0.497. The van der Waals surface area contributed by atoms with Gasteiger partial charge in [-0.2, -0.15) is 0 Å². The maximum absolute atomic E-state index is 3.22. The Morgan fingerprint density at radius 3 is 1.78 bits per heavy atom. The summed E-state index contributed by atoms with van der Waals surface area (Å²) in [5.41, 5.74) is 0.185. The molecule has 0 aromatic carbocycles. The fraction of sp³-hybridized carbons (Fsp3) is 1.00. The van der Waals surface area contributed by atoms with E-state index in [1.807, 2.05) is 26.5 Å². The van der Waals surface area contributed by atoms with Crippen LogP contribution in [-0.4, -0.2) is 32.0 Å². The lowest BCUT2D eigenvalue weighted by Crippen LogP contribution is -2.44. The second kappa shape index (κ2) is 3.23. The lowest BCUT2D eigenvalue weighted by Gasteiger charge is -2.21. The predicted molar refractivity (Wildman–Crippen MR) is 42.3 cm³/mol. The molecule has 0 atom stereocenters. The van der Waals surface area contributed by atoms with Gasteiger partial charge in [-0.3, -0.25) is 0 Å². The molecular weight excluding hydrogens is 111 g/mol. The van der Waals surface area contributed by atoms with Crippen molar-refractivity contribution in [2.24, 2.45) is 0 Å². The number of rotatable bonds is 2. The second-order valence-corrected chi connectivity index (χ2v) is 3.49. The third-order valence-corrected chi connectivity index (χ3v) is 0.756. The Kier molecular flexibility index (Phi) is 3.22. The van der Waals surface area contributed by atoms with Gasteiger partial charge in [-0.15, -0.1) is 0 Å². The molecule has 0 amide bonds. The molecule has 2 nitrogen and oxygen atoms in total. The van der Waals surface area contributed by atoms with Crippen LogP contribution in [0, 0.1) is 0 Å². The van der Waals surface area contributed by atoms with E-state index in [1.54, 1.807) is 0 Å². The van der Waals surface area contributed by atoms with Gasteiger partial charge in [0.25, 0.3) is 0 Å². The third-order valence-electron chi connectivity index (χ3n) is 0.756. The van der Waals surface area contributed by atoms with Crippen molar-refractivity contribution >= 4 is 7.55 Å². The van der Waals surface area contributed by atoms with Crippen molar-refractivity contribution in [1.29, 1.82) is 0 Å². The van der Waals surface area contributed by atoms with Crippen LogP contribution in [0.2, 0.25) is 0 Å². The highest BCUT2D eigenvalue weighted by atomic mass is 15.1. The summed E-state index contributed by atoms with van der Waals surface area (Å²) in [5.74, 6) is 0. The van der Waals surface area contributed by atoms with Crippen LogP contribution in [0.3, 0.4) is 0 Å². The number of hydrogen-bond acceptors (Lipinski definition) is 2. The Morgan fingerprint density at radius 1 is 1.22 bits per heavy atom. The maximum Gasteiger partial charge on any atom is 0.310 e. The Balaban J connectivity index is 3.28. The zero-order chi connectivity index (χ0) is 7.49. The maximum atomic E-state index is 3.22. The molecular formula is C6H16BN2. The van der Waals surface area contributed by atoms with Crippen molar-refractivity contribution in [3.8, 4) is 0 Å². The average Bonchev–Trinajstić information content (AvgIpc) is 1.59. The van der Waals surface area contributed by atoms with Crippen LogP contribution in [0.25, 0.3) is 0 Å². The molecule has 0 aliphatic heterocycles. The van der Waals surface area contributed by atoms with E-state index in [1.165, 1.54) is 0 Å². The zero-order valence-corrected chi connectivity index (χ0v) is 7.02. The highest BCUT2D eigenvalue weighted by Gasteiger charge is 2.08. The van der Waals surface area contributed by atoms with Crippen molar-refractivity contribution in [2.45, 2.75) is 26.3 Å². The molecule has 1 N–H and O–H groups in total. The fourth-order valence-electron chi connectivity index (χ4n) is 0.323. The monoisotopic (exact) mass is 127 g/mol. The highest BCUT2D eigenvalue weighted by Crippen LogP contribution is 1.95. The van der Waals surface area contributed by atoms with E-state index >= 15 is 0 Å². The molecule has 0 rings (SSSR count). The summed E-state index contributed by atoms with van der Waals surface area (Å²) in [6, 6.07) is 0. The van der Waals surface area contributed by atoms with Gasteiger partial charge in [0.2, 0.25) is 0 Å². The summed E-state index contributed by atoms with van der Waals surface area (Å²) >= 11 is 0. The van der Waals surface area contributed by atoms with Crippen LogP contribution in [0.5, 0.6) is 0 Å². The molecule has 0 aliphatic rings. The summed E-state index contributed by atoms with van der Waals surface area (Å²) < 4.78 is 0. The van der Waals surface area contributed by atoms with Crippen LogP contribution in [0.15, 0.2) is 0 Å². The molecule has 3 heteroatoms. The van der Waals surface area contributed by atoms with Crippen LogP contribution in [0.4, 0.5) is 0 Å². The number of nitrogens with zero attached hydrogens (tertiary/aromatic N) is 1. The molecule has 0 fully saturated rings. The summed E-state index contributed by atoms with van der Waals surface area (Å²) in [5, 5.41) is 3.22. The summed E-state index contributed by atoms with van der Waals surface area (Å²) in [7, 11) is 5.96. The molecule has 0 spiro atoms.